The maximum Gasteiger partial charge on any atom is 0.200 e. The molecule has 0 bridgehead atoms. The van der Waals surface area contributed by atoms with Crippen molar-refractivity contribution in [2.45, 2.75) is 13.3 Å². The first-order valence-electron chi connectivity index (χ1n) is 5.63. The van der Waals surface area contributed by atoms with E-state index < -0.39 is 0 Å². The highest BCUT2D eigenvalue weighted by Gasteiger charge is 2.10. The number of phenols is 1. The summed E-state index contributed by atoms with van der Waals surface area (Å²) in [7, 11) is 2.84. The summed E-state index contributed by atoms with van der Waals surface area (Å²) >= 11 is 0. The molecule has 0 fully saturated rings. The second-order valence-corrected chi connectivity index (χ2v) is 3.95. The van der Waals surface area contributed by atoms with Crippen LogP contribution in [-0.2, 0) is 9.59 Å². The molecule has 0 saturated heterocycles. The Hall–Kier alpha value is -2.30. The van der Waals surface area contributed by atoms with E-state index in [-0.39, 0.29) is 35.2 Å². The van der Waals surface area contributed by atoms with Crippen LogP contribution in [0, 0.1) is 0 Å². The van der Waals surface area contributed by atoms with E-state index in [1.807, 2.05) is 0 Å². The first-order chi connectivity index (χ1) is 8.97. The number of benzene rings is 1. The van der Waals surface area contributed by atoms with Crippen molar-refractivity contribution in [3.63, 3.8) is 0 Å². The summed E-state index contributed by atoms with van der Waals surface area (Å²) in [4.78, 5) is 22.2. The third-order valence-corrected chi connectivity index (χ3v) is 2.39. The van der Waals surface area contributed by atoms with Crippen LogP contribution in [0.2, 0.25) is 0 Å². The number of Topliss-reactive ketones (excluding diaryl/α,β-unsaturated/α-hetero) is 1. The van der Waals surface area contributed by atoms with Crippen molar-refractivity contribution in [3.05, 3.63) is 23.8 Å². The minimum atomic E-state index is -0.279. The Bertz CT molecular complexity index is 492. The molecule has 0 aliphatic carbocycles. The van der Waals surface area contributed by atoms with Crippen LogP contribution in [0.15, 0.2) is 18.2 Å². The van der Waals surface area contributed by atoms with Crippen LogP contribution in [0.25, 0.3) is 6.08 Å². The molecule has 1 N–H and O–H groups in total. The van der Waals surface area contributed by atoms with Gasteiger partial charge in [0.05, 0.1) is 20.6 Å². The average molecular weight is 264 g/mol. The Kier molecular flexibility index (Phi) is 5.11. The van der Waals surface area contributed by atoms with Crippen LogP contribution in [0.4, 0.5) is 0 Å². The number of carbonyl (C=O) groups is 2. The summed E-state index contributed by atoms with van der Waals surface area (Å²) in [6.45, 7) is 1.36. The summed E-state index contributed by atoms with van der Waals surface area (Å²) < 4.78 is 9.99. The van der Waals surface area contributed by atoms with Gasteiger partial charge in [0.1, 0.15) is 5.78 Å². The number of hydrogen-bond donors (Lipinski definition) is 1. The number of ether oxygens (including phenoxy) is 2. The second-order valence-electron chi connectivity index (χ2n) is 3.95. The van der Waals surface area contributed by atoms with Crippen molar-refractivity contribution >= 4 is 17.6 Å². The van der Waals surface area contributed by atoms with Gasteiger partial charge >= 0.3 is 0 Å². The number of hydrogen-bond acceptors (Lipinski definition) is 5. The van der Waals surface area contributed by atoms with Gasteiger partial charge in [-0.1, -0.05) is 6.08 Å². The quantitative estimate of drug-likeness (QED) is 0.628. The Morgan fingerprint density at radius 1 is 1.21 bits per heavy atom. The van der Waals surface area contributed by atoms with Gasteiger partial charge in [0.25, 0.3) is 0 Å². The molecule has 1 rings (SSSR count). The van der Waals surface area contributed by atoms with Crippen LogP contribution in [0.1, 0.15) is 18.9 Å². The van der Waals surface area contributed by atoms with Gasteiger partial charge < -0.3 is 14.6 Å². The molecular weight excluding hydrogens is 248 g/mol. The average Bonchev–Trinajstić information content (AvgIpc) is 2.36. The Morgan fingerprint density at radius 3 is 2.16 bits per heavy atom. The topological polar surface area (TPSA) is 72.8 Å². The lowest BCUT2D eigenvalue weighted by atomic mass is 10.1. The molecule has 0 unspecified atom stereocenters. The lowest BCUT2D eigenvalue weighted by Gasteiger charge is -2.09. The monoisotopic (exact) mass is 264 g/mol. The van der Waals surface area contributed by atoms with Gasteiger partial charge in [-0.2, -0.15) is 0 Å². The van der Waals surface area contributed by atoms with Crippen LogP contribution >= 0.6 is 0 Å². The molecule has 0 spiro atoms. The molecule has 102 valence electrons. The third-order valence-electron chi connectivity index (χ3n) is 2.39. The number of aromatic hydroxyl groups is 1. The highest BCUT2D eigenvalue weighted by molar-refractivity contribution is 6.05. The lowest BCUT2D eigenvalue weighted by molar-refractivity contribution is -0.123. The number of allylic oxidation sites excluding steroid dienone is 1. The van der Waals surface area contributed by atoms with E-state index in [2.05, 4.69) is 0 Å². The Balaban J connectivity index is 2.98. The summed E-state index contributed by atoms with van der Waals surface area (Å²) in [5.41, 5.74) is 0.628. The van der Waals surface area contributed by atoms with Gasteiger partial charge in [-0.25, -0.2) is 0 Å². The van der Waals surface area contributed by atoms with E-state index in [1.54, 1.807) is 12.1 Å². The first-order valence-corrected chi connectivity index (χ1v) is 5.63. The predicted molar refractivity (Wildman–Crippen MR) is 70.5 cm³/mol. The number of rotatable bonds is 6. The molecule has 5 nitrogen and oxygen atoms in total. The number of phenolic OH excluding ortho intramolecular Hbond substituents is 1. The molecule has 0 amide bonds. The van der Waals surface area contributed by atoms with E-state index in [4.69, 9.17) is 9.47 Å². The van der Waals surface area contributed by atoms with E-state index in [0.29, 0.717) is 5.56 Å². The molecule has 5 heteroatoms. The van der Waals surface area contributed by atoms with E-state index in [9.17, 15) is 14.7 Å². The molecule has 1 aromatic carbocycles. The molecule has 0 aromatic heterocycles. The minimum absolute atomic E-state index is 0.0998. The van der Waals surface area contributed by atoms with Crippen molar-refractivity contribution in [2.24, 2.45) is 0 Å². The maximum absolute atomic E-state index is 11.4. The van der Waals surface area contributed by atoms with Gasteiger partial charge in [-0.3, -0.25) is 9.59 Å². The van der Waals surface area contributed by atoms with Gasteiger partial charge in [0.15, 0.2) is 17.3 Å². The van der Waals surface area contributed by atoms with Gasteiger partial charge in [-0.05, 0) is 30.7 Å². The fourth-order valence-electron chi connectivity index (χ4n) is 1.50. The van der Waals surface area contributed by atoms with Crippen LogP contribution in [0.5, 0.6) is 17.2 Å². The Morgan fingerprint density at radius 2 is 1.74 bits per heavy atom. The normalized spacial score (nSPS) is 10.5. The molecule has 1 aromatic rings. The summed E-state index contributed by atoms with van der Waals surface area (Å²) in [6.07, 6.45) is 2.73. The number of methoxy groups -OCH3 is 2. The van der Waals surface area contributed by atoms with Gasteiger partial charge in [0, 0.05) is 0 Å². The van der Waals surface area contributed by atoms with Crippen molar-refractivity contribution in [1.29, 1.82) is 0 Å². The molecule has 19 heavy (non-hydrogen) atoms. The smallest absolute Gasteiger partial charge is 0.200 e. The molecule has 0 atom stereocenters. The fraction of sp³-hybridized carbons (Fsp3) is 0.286. The van der Waals surface area contributed by atoms with E-state index in [0.717, 1.165) is 0 Å². The maximum atomic E-state index is 11.4. The highest BCUT2D eigenvalue weighted by Crippen LogP contribution is 2.37. The van der Waals surface area contributed by atoms with Crippen molar-refractivity contribution < 1.29 is 24.2 Å². The van der Waals surface area contributed by atoms with Gasteiger partial charge in [0.2, 0.25) is 5.75 Å². The lowest BCUT2D eigenvalue weighted by Crippen LogP contribution is -2.00. The van der Waals surface area contributed by atoms with E-state index >= 15 is 0 Å². The second kappa shape index (κ2) is 6.58. The Labute approximate surface area is 111 Å². The van der Waals surface area contributed by atoms with Crippen LogP contribution in [-0.4, -0.2) is 30.9 Å². The molecule has 0 aliphatic rings. The standard InChI is InChI=1S/C14H16O5/c1-9(15)6-11(16)5-4-10-7-12(18-2)14(17)13(8-10)19-3/h4-5,7-8,17H,6H2,1-3H3. The molecule has 0 aliphatic heterocycles. The molecule has 0 saturated carbocycles. The molecule has 0 radical (unpaired) electrons. The zero-order valence-electron chi connectivity index (χ0n) is 11.1. The fourth-order valence-corrected chi connectivity index (χ4v) is 1.50. The summed E-state index contributed by atoms with van der Waals surface area (Å²) in [5.74, 6) is -0.0673. The molecule has 0 heterocycles. The van der Waals surface area contributed by atoms with Crippen LogP contribution in [0.3, 0.4) is 0 Å². The zero-order chi connectivity index (χ0) is 14.4. The third kappa shape index (κ3) is 4.13. The van der Waals surface area contributed by atoms with Crippen molar-refractivity contribution in [3.8, 4) is 17.2 Å². The predicted octanol–water partition coefficient (Wildman–Crippen LogP) is 1.97. The van der Waals surface area contributed by atoms with E-state index in [1.165, 1.54) is 33.3 Å². The summed E-state index contributed by atoms with van der Waals surface area (Å²) in [5, 5.41) is 9.72. The SMILES string of the molecule is COc1cc(C=CC(=O)CC(C)=O)cc(OC)c1O. The van der Waals surface area contributed by atoms with Crippen molar-refractivity contribution in [2.75, 3.05) is 14.2 Å². The zero-order valence-corrected chi connectivity index (χ0v) is 11.1. The number of carbonyl (C=O) groups excluding carboxylic acids is 2. The summed E-state index contributed by atoms with van der Waals surface area (Å²) in [6, 6.07) is 3.13. The minimum Gasteiger partial charge on any atom is -0.502 e. The largest absolute Gasteiger partial charge is 0.502 e. The molecular formula is C14H16O5. The first kappa shape index (κ1) is 14.8. The highest BCUT2D eigenvalue weighted by atomic mass is 16.5. The van der Waals surface area contributed by atoms with Crippen molar-refractivity contribution in [1.82, 2.24) is 0 Å². The number of ketones is 2. The van der Waals surface area contributed by atoms with Crippen LogP contribution < -0.4 is 9.47 Å². The van der Waals surface area contributed by atoms with Gasteiger partial charge in [-0.15, -0.1) is 0 Å².